The van der Waals surface area contributed by atoms with E-state index in [-0.39, 0.29) is 5.82 Å². The van der Waals surface area contributed by atoms with E-state index >= 15 is 0 Å². The van der Waals surface area contributed by atoms with E-state index in [0.717, 1.165) is 29.0 Å². The highest BCUT2D eigenvalue weighted by atomic mass is 35.5. The summed E-state index contributed by atoms with van der Waals surface area (Å²) in [5, 5.41) is 4.05. The molecule has 4 heteroatoms. The first-order valence-electron chi connectivity index (χ1n) is 8.10. The zero-order valence-electron chi connectivity index (χ0n) is 13.7. The number of nitrogens with one attached hydrogen (secondary N) is 1. The zero-order chi connectivity index (χ0) is 17.5. The Balaban J connectivity index is 1.46. The molecular formula is C21H19ClFNO. The number of rotatable bonds is 7. The van der Waals surface area contributed by atoms with Gasteiger partial charge in [0.1, 0.15) is 18.2 Å². The fraction of sp³-hybridized carbons (Fsp3) is 0.143. The van der Waals surface area contributed by atoms with E-state index in [2.05, 4.69) is 5.32 Å². The minimum atomic E-state index is -0.211. The smallest absolute Gasteiger partial charge is 0.123 e. The van der Waals surface area contributed by atoms with Crippen LogP contribution in [0, 0.1) is 5.82 Å². The molecule has 0 atom stereocenters. The lowest BCUT2D eigenvalue weighted by Gasteiger charge is -2.09. The van der Waals surface area contributed by atoms with Gasteiger partial charge in [-0.15, -0.1) is 0 Å². The Morgan fingerprint density at radius 3 is 2.08 bits per heavy atom. The summed E-state index contributed by atoms with van der Waals surface area (Å²) in [5.41, 5.74) is 3.26. The number of hydrogen-bond acceptors (Lipinski definition) is 2. The summed E-state index contributed by atoms with van der Waals surface area (Å²) in [5.74, 6) is 0.611. The SMILES string of the molecule is Fc1ccc(CNCc2ccc(OCc3cccc(Cl)c3)cc2)cc1. The van der Waals surface area contributed by atoms with Crippen LogP contribution in [0.2, 0.25) is 5.02 Å². The molecule has 3 rings (SSSR count). The maximum absolute atomic E-state index is 12.9. The van der Waals surface area contributed by atoms with Crippen molar-refractivity contribution in [2.45, 2.75) is 19.7 Å². The summed E-state index contributed by atoms with van der Waals surface area (Å²) >= 11 is 5.97. The fourth-order valence-electron chi connectivity index (χ4n) is 2.45. The van der Waals surface area contributed by atoms with Gasteiger partial charge in [-0.25, -0.2) is 4.39 Å². The van der Waals surface area contributed by atoms with Gasteiger partial charge >= 0.3 is 0 Å². The highest BCUT2D eigenvalue weighted by Gasteiger charge is 1.99. The average molecular weight is 356 g/mol. The summed E-state index contributed by atoms with van der Waals surface area (Å²) in [6.07, 6.45) is 0. The third-order valence-electron chi connectivity index (χ3n) is 3.79. The summed E-state index contributed by atoms with van der Waals surface area (Å²) in [6.45, 7) is 1.93. The number of hydrogen-bond donors (Lipinski definition) is 1. The van der Waals surface area contributed by atoms with E-state index < -0.39 is 0 Å². The second-order valence-electron chi connectivity index (χ2n) is 5.79. The first-order valence-corrected chi connectivity index (χ1v) is 8.48. The van der Waals surface area contributed by atoms with Crippen LogP contribution < -0.4 is 10.1 Å². The van der Waals surface area contributed by atoms with E-state index in [1.807, 2.05) is 48.5 Å². The predicted octanol–water partition coefficient (Wildman–Crippen LogP) is 5.35. The molecule has 1 N–H and O–H groups in total. The number of benzene rings is 3. The molecule has 0 unspecified atom stereocenters. The molecule has 0 saturated heterocycles. The van der Waals surface area contributed by atoms with Gasteiger partial charge in [0, 0.05) is 18.1 Å². The molecule has 0 spiro atoms. The molecular weight excluding hydrogens is 337 g/mol. The summed E-state index contributed by atoms with van der Waals surface area (Å²) in [7, 11) is 0. The quantitative estimate of drug-likeness (QED) is 0.617. The monoisotopic (exact) mass is 355 g/mol. The van der Waals surface area contributed by atoms with Gasteiger partial charge < -0.3 is 10.1 Å². The van der Waals surface area contributed by atoms with Crippen LogP contribution in [-0.4, -0.2) is 0 Å². The van der Waals surface area contributed by atoms with E-state index in [4.69, 9.17) is 16.3 Å². The van der Waals surface area contributed by atoms with Gasteiger partial charge in [-0.3, -0.25) is 0 Å². The van der Waals surface area contributed by atoms with E-state index in [9.17, 15) is 4.39 Å². The standard InChI is InChI=1S/C21H19ClFNO/c22-19-3-1-2-18(12-19)15-25-21-10-6-17(7-11-21)14-24-13-16-4-8-20(23)9-5-16/h1-12,24H,13-15H2. The van der Waals surface area contributed by atoms with Crippen molar-refractivity contribution in [1.82, 2.24) is 5.32 Å². The third-order valence-corrected chi connectivity index (χ3v) is 4.02. The van der Waals surface area contributed by atoms with Crippen molar-refractivity contribution >= 4 is 11.6 Å². The molecule has 0 aliphatic heterocycles. The molecule has 0 fully saturated rings. The van der Waals surface area contributed by atoms with E-state index in [1.165, 1.54) is 12.1 Å². The molecule has 0 aliphatic carbocycles. The van der Waals surface area contributed by atoms with Crippen molar-refractivity contribution in [3.05, 3.63) is 100 Å². The molecule has 0 amide bonds. The minimum Gasteiger partial charge on any atom is -0.489 e. The normalized spacial score (nSPS) is 10.6. The van der Waals surface area contributed by atoms with Crippen molar-refractivity contribution < 1.29 is 9.13 Å². The maximum atomic E-state index is 12.9. The Bertz CT molecular complexity index is 803. The summed E-state index contributed by atoms with van der Waals surface area (Å²) < 4.78 is 18.6. The Hall–Kier alpha value is -2.36. The Morgan fingerprint density at radius 1 is 0.800 bits per heavy atom. The Labute approximate surface area is 152 Å². The molecule has 0 aromatic heterocycles. The molecule has 0 aliphatic rings. The van der Waals surface area contributed by atoms with Gasteiger partial charge in [-0.1, -0.05) is 48.0 Å². The lowest BCUT2D eigenvalue weighted by Crippen LogP contribution is -2.12. The molecule has 3 aromatic rings. The van der Waals surface area contributed by atoms with Crippen molar-refractivity contribution in [1.29, 1.82) is 0 Å². The molecule has 0 heterocycles. The molecule has 3 aromatic carbocycles. The van der Waals surface area contributed by atoms with Gasteiger partial charge in [0.15, 0.2) is 0 Å². The average Bonchev–Trinajstić information content (AvgIpc) is 2.63. The fourth-order valence-corrected chi connectivity index (χ4v) is 2.66. The predicted molar refractivity (Wildman–Crippen MR) is 99.2 cm³/mol. The van der Waals surface area contributed by atoms with Crippen LogP contribution in [0.1, 0.15) is 16.7 Å². The molecule has 0 bridgehead atoms. The summed E-state index contributed by atoms with van der Waals surface area (Å²) in [6, 6.07) is 22.1. The van der Waals surface area contributed by atoms with Gasteiger partial charge in [0.2, 0.25) is 0 Å². The minimum absolute atomic E-state index is 0.211. The van der Waals surface area contributed by atoms with Crippen molar-refractivity contribution in [2.75, 3.05) is 0 Å². The van der Waals surface area contributed by atoms with Crippen molar-refractivity contribution in [2.24, 2.45) is 0 Å². The van der Waals surface area contributed by atoms with Crippen LogP contribution in [0.5, 0.6) is 5.75 Å². The first kappa shape index (κ1) is 17.5. The highest BCUT2D eigenvalue weighted by molar-refractivity contribution is 6.30. The van der Waals surface area contributed by atoms with Crippen molar-refractivity contribution in [3.63, 3.8) is 0 Å². The highest BCUT2D eigenvalue weighted by Crippen LogP contribution is 2.16. The molecule has 25 heavy (non-hydrogen) atoms. The number of halogens is 2. The Morgan fingerprint density at radius 2 is 1.44 bits per heavy atom. The molecule has 0 radical (unpaired) electrons. The molecule has 0 saturated carbocycles. The van der Waals surface area contributed by atoms with Crippen LogP contribution in [0.15, 0.2) is 72.8 Å². The van der Waals surface area contributed by atoms with E-state index in [0.29, 0.717) is 18.2 Å². The van der Waals surface area contributed by atoms with Crippen LogP contribution in [0.25, 0.3) is 0 Å². The zero-order valence-corrected chi connectivity index (χ0v) is 14.5. The maximum Gasteiger partial charge on any atom is 0.123 e. The second kappa shape index (κ2) is 8.65. The van der Waals surface area contributed by atoms with Gasteiger partial charge in [-0.05, 0) is 53.1 Å². The second-order valence-corrected chi connectivity index (χ2v) is 6.23. The van der Waals surface area contributed by atoms with Crippen LogP contribution in [-0.2, 0) is 19.7 Å². The lowest BCUT2D eigenvalue weighted by atomic mass is 10.2. The largest absolute Gasteiger partial charge is 0.489 e. The lowest BCUT2D eigenvalue weighted by molar-refractivity contribution is 0.306. The van der Waals surface area contributed by atoms with Crippen LogP contribution >= 0.6 is 11.6 Å². The molecule has 2 nitrogen and oxygen atoms in total. The van der Waals surface area contributed by atoms with Crippen molar-refractivity contribution in [3.8, 4) is 5.75 Å². The van der Waals surface area contributed by atoms with Gasteiger partial charge in [0.25, 0.3) is 0 Å². The Kier molecular flexibility index (Phi) is 6.04. The number of ether oxygens (including phenoxy) is 1. The van der Waals surface area contributed by atoms with Crippen LogP contribution in [0.4, 0.5) is 4.39 Å². The third kappa shape index (κ3) is 5.59. The van der Waals surface area contributed by atoms with Gasteiger partial charge in [0.05, 0.1) is 0 Å². The summed E-state index contributed by atoms with van der Waals surface area (Å²) in [4.78, 5) is 0. The van der Waals surface area contributed by atoms with Crippen LogP contribution in [0.3, 0.4) is 0 Å². The van der Waals surface area contributed by atoms with E-state index in [1.54, 1.807) is 12.1 Å². The first-order chi connectivity index (χ1) is 12.2. The van der Waals surface area contributed by atoms with Gasteiger partial charge in [-0.2, -0.15) is 0 Å². The molecule has 128 valence electrons. The topological polar surface area (TPSA) is 21.3 Å².